The average Bonchev–Trinajstić information content (AvgIpc) is 3.66. The molecule has 0 aliphatic heterocycles. The van der Waals surface area contributed by atoms with Gasteiger partial charge in [0.15, 0.2) is 5.82 Å². The molecule has 0 saturated heterocycles. The van der Waals surface area contributed by atoms with Gasteiger partial charge >= 0.3 is 0 Å². The van der Waals surface area contributed by atoms with Crippen molar-refractivity contribution in [1.82, 2.24) is 9.97 Å². The van der Waals surface area contributed by atoms with Crippen molar-refractivity contribution in [3.8, 4) is 73.4 Å². The fourth-order valence-electron chi connectivity index (χ4n) is 7.64. The molecule has 0 saturated carbocycles. The molecule has 10 rings (SSSR count). The topological polar surface area (TPSA) is 62.7 Å². The molecule has 2 aromatic heterocycles. The lowest BCUT2D eigenvalue weighted by atomic mass is 9.91. The van der Waals surface area contributed by atoms with Gasteiger partial charge in [-0.1, -0.05) is 146 Å². The highest BCUT2D eigenvalue weighted by Gasteiger charge is 2.18. The molecule has 0 unspecified atom stereocenters. The molecule has 0 bridgehead atoms. The van der Waals surface area contributed by atoms with E-state index in [0.717, 1.165) is 94.2 Å². The Bertz CT molecular complexity index is 3030. The third-order valence-corrected chi connectivity index (χ3v) is 10.3. The third kappa shape index (κ3) is 5.81. The molecule has 0 atom stereocenters. The highest BCUT2D eigenvalue weighted by atomic mass is 16.3. The lowest BCUT2D eigenvalue weighted by Gasteiger charge is -2.12. The number of benzene rings is 8. The number of nitrogens with zero attached hydrogens (tertiary/aromatic N) is 3. The summed E-state index contributed by atoms with van der Waals surface area (Å²) in [6.07, 6.45) is 0. The van der Waals surface area contributed by atoms with Crippen LogP contribution in [0.5, 0.6) is 0 Å². The van der Waals surface area contributed by atoms with Crippen molar-refractivity contribution in [2.75, 3.05) is 0 Å². The van der Waals surface area contributed by atoms with Crippen molar-refractivity contribution >= 4 is 32.7 Å². The van der Waals surface area contributed by atoms with Crippen molar-refractivity contribution < 1.29 is 4.42 Å². The molecule has 0 amide bonds. The van der Waals surface area contributed by atoms with Gasteiger partial charge in [-0.25, -0.2) is 9.97 Å². The first-order valence-electron chi connectivity index (χ1n) is 18.3. The normalized spacial score (nSPS) is 11.3. The van der Waals surface area contributed by atoms with Crippen LogP contribution in [0.15, 0.2) is 192 Å². The zero-order chi connectivity index (χ0) is 36.7. The Morgan fingerprint density at radius 3 is 1.71 bits per heavy atom. The molecule has 2 heterocycles. The number of furan rings is 1. The van der Waals surface area contributed by atoms with Crippen molar-refractivity contribution in [3.63, 3.8) is 0 Å². The molecule has 55 heavy (non-hydrogen) atoms. The molecule has 0 radical (unpaired) electrons. The van der Waals surface area contributed by atoms with Crippen LogP contribution in [0.4, 0.5) is 0 Å². The summed E-state index contributed by atoms with van der Waals surface area (Å²) in [4.78, 5) is 10.1. The van der Waals surface area contributed by atoms with Crippen LogP contribution in [0.25, 0.3) is 100.0 Å². The predicted molar refractivity (Wildman–Crippen MR) is 224 cm³/mol. The number of rotatable bonds is 6. The highest BCUT2D eigenvalue weighted by molar-refractivity contribution is 6.22. The van der Waals surface area contributed by atoms with Crippen LogP contribution >= 0.6 is 0 Å². The number of nitriles is 1. The van der Waals surface area contributed by atoms with Gasteiger partial charge in [0.1, 0.15) is 11.2 Å². The van der Waals surface area contributed by atoms with E-state index in [0.29, 0.717) is 11.4 Å². The average molecular weight is 702 g/mol. The van der Waals surface area contributed by atoms with Crippen molar-refractivity contribution in [2.45, 2.75) is 0 Å². The van der Waals surface area contributed by atoms with E-state index in [1.54, 1.807) is 0 Å². The molecule has 4 nitrogen and oxygen atoms in total. The minimum Gasteiger partial charge on any atom is -0.455 e. The van der Waals surface area contributed by atoms with Gasteiger partial charge in [0, 0.05) is 32.8 Å². The quantitative estimate of drug-likeness (QED) is 0.173. The summed E-state index contributed by atoms with van der Waals surface area (Å²) in [7, 11) is 0. The van der Waals surface area contributed by atoms with E-state index in [-0.39, 0.29) is 0 Å². The largest absolute Gasteiger partial charge is 0.455 e. The Kier molecular flexibility index (Phi) is 7.83. The fraction of sp³-hybridized carbons (Fsp3) is 0. The summed E-state index contributed by atoms with van der Waals surface area (Å²) in [5.41, 5.74) is 13.7. The van der Waals surface area contributed by atoms with E-state index in [4.69, 9.17) is 14.4 Å². The molecule has 0 spiro atoms. The van der Waals surface area contributed by atoms with Gasteiger partial charge < -0.3 is 4.42 Å². The Balaban J connectivity index is 1.11. The zero-order valence-corrected chi connectivity index (χ0v) is 29.6. The maximum Gasteiger partial charge on any atom is 0.160 e. The number of hydrogen-bond donors (Lipinski definition) is 0. The van der Waals surface area contributed by atoms with Gasteiger partial charge in [-0.15, -0.1) is 0 Å². The lowest BCUT2D eigenvalue weighted by molar-refractivity contribution is 0.673. The van der Waals surface area contributed by atoms with Crippen LogP contribution in [0.2, 0.25) is 0 Å². The smallest absolute Gasteiger partial charge is 0.160 e. The first kappa shape index (κ1) is 32.1. The van der Waals surface area contributed by atoms with Crippen molar-refractivity contribution in [1.29, 1.82) is 5.26 Å². The second-order valence-electron chi connectivity index (χ2n) is 13.7. The van der Waals surface area contributed by atoms with Gasteiger partial charge in [0.2, 0.25) is 0 Å². The predicted octanol–water partition coefficient (Wildman–Crippen LogP) is 13.4. The number of fused-ring (bicyclic) bond motifs is 5. The summed E-state index contributed by atoms with van der Waals surface area (Å²) in [6.45, 7) is 0. The lowest BCUT2D eigenvalue weighted by Crippen LogP contribution is -1.96. The summed E-state index contributed by atoms with van der Waals surface area (Å²) < 4.78 is 6.62. The van der Waals surface area contributed by atoms with Crippen molar-refractivity contribution in [3.05, 3.63) is 194 Å². The summed E-state index contributed by atoms with van der Waals surface area (Å²) in [5.74, 6) is 0.695. The van der Waals surface area contributed by atoms with E-state index < -0.39 is 0 Å². The van der Waals surface area contributed by atoms with Gasteiger partial charge in [-0.2, -0.15) is 5.26 Å². The van der Waals surface area contributed by atoms with Gasteiger partial charge in [0.05, 0.1) is 23.0 Å². The molecule has 10 aromatic rings. The zero-order valence-electron chi connectivity index (χ0n) is 29.6. The van der Waals surface area contributed by atoms with E-state index in [9.17, 15) is 5.26 Å². The third-order valence-electron chi connectivity index (χ3n) is 10.3. The van der Waals surface area contributed by atoms with E-state index >= 15 is 0 Å². The summed E-state index contributed by atoms with van der Waals surface area (Å²) >= 11 is 0. The summed E-state index contributed by atoms with van der Waals surface area (Å²) in [5, 5.41) is 13.7. The maximum atomic E-state index is 9.40. The minimum atomic E-state index is 0.637. The molecule has 0 N–H and O–H groups in total. The van der Waals surface area contributed by atoms with Crippen LogP contribution in [-0.4, -0.2) is 9.97 Å². The van der Waals surface area contributed by atoms with E-state index in [1.165, 1.54) is 0 Å². The first-order valence-corrected chi connectivity index (χ1v) is 18.3. The minimum absolute atomic E-state index is 0.637. The molecule has 8 aromatic carbocycles. The Morgan fingerprint density at radius 2 is 0.982 bits per heavy atom. The molecular weight excluding hydrogens is 671 g/mol. The highest BCUT2D eigenvalue weighted by Crippen LogP contribution is 2.43. The Labute approximate surface area is 318 Å². The van der Waals surface area contributed by atoms with Gasteiger partial charge in [0.25, 0.3) is 0 Å². The first-order chi connectivity index (χ1) is 27.2. The second-order valence-corrected chi connectivity index (χ2v) is 13.7. The molecular formula is C51H31N3O. The van der Waals surface area contributed by atoms with E-state index in [1.807, 2.05) is 72.8 Å². The van der Waals surface area contributed by atoms with Crippen LogP contribution < -0.4 is 0 Å². The van der Waals surface area contributed by atoms with Crippen LogP contribution in [0, 0.1) is 11.3 Å². The molecule has 0 aliphatic rings. The van der Waals surface area contributed by atoms with Crippen LogP contribution in [0.1, 0.15) is 5.56 Å². The number of hydrogen-bond acceptors (Lipinski definition) is 4. The Morgan fingerprint density at radius 1 is 0.400 bits per heavy atom. The van der Waals surface area contributed by atoms with Crippen molar-refractivity contribution in [2.24, 2.45) is 0 Å². The summed E-state index contributed by atoms with van der Waals surface area (Å²) in [6, 6.07) is 66.9. The molecule has 256 valence electrons. The number of aromatic nitrogens is 2. The molecule has 0 aliphatic carbocycles. The Hall–Kier alpha value is -7.61. The second kappa shape index (κ2) is 13.4. The maximum absolute atomic E-state index is 9.40. The standard InChI is InChI=1S/C51H31N3O/c52-32-33-24-26-34(27-25-33)41-22-11-23-48-49(41)45-30-44(42-20-7-8-21-43(42)50(45)55-48)39-18-9-16-37(28-39)38-17-10-19-40(29-38)47-31-46(35-12-3-1-4-13-35)53-51(54-47)36-14-5-2-6-15-36/h1-31H. The van der Waals surface area contributed by atoms with Gasteiger partial charge in [-0.05, 0) is 81.2 Å². The van der Waals surface area contributed by atoms with Gasteiger partial charge in [-0.3, -0.25) is 0 Å². The van der Waals surface area contributed by atoms with Crippen LogP contribution in [0.3, 0.4) is 0 Å². The molecule has 4 heteroatoms. The van der Waals surface area contributed by atoms with Crippen LogP contribution in [-0.2, 0) is 0 Å². The monoisotopic (exact) mass is 701 g/mol. The molecule has 0 fully saturated rings. The van der Waals surface area contributed by atoms with E-state index in [2.05, 4.69) is 121 Å². The fourth-order valence-corrected chi connectivity index (χ4v) is 7.64. The SMILES string of the molecule is N#Cc1ccc(-c2cccc3oc4c5ccccc5c(-c5cccc(-c6cccc(-c7cc(-c8ccccc8)nc(-c8ccccc8)n7)c6)c5)cc4c23)cc1.